The number of ether oxygens (including phenoxy) is 1. The molecule has 150 valence electrons. The number of carbonyl (C=O) groups is 1. The van der Waals surface area contributed by atoms with E-state index in [0.717, 1.165) is 6.42 Å². The molecule has 0 heterocycles. The van der Waals surface area contributed by atoms with E-state index in [0.29, 0.717) is 18.0 Å². The molecule has 1 N–H and O–H groups in total. The minimum Gasteiger partial charge on any atom is -0.497 e. The highest BCUT2D eigenvalue weighted by Gasteiger charge is 2.26. The molecule has 2 aromatic carbocycles. The van der Waals surface area contributed by atoms with Gasteiger partial charge in [0, 0.05) is 6.54 Å². The van der Waals surface area contributed by atoms with Gasteiger partial charge in [0.15, 0.2) is 0 Å². The molecule has 0 saturated carbocycles. The molecule has 6 nitrogen and oxygen atoms in total. The number of nitrogens with one attached hydrogen (secondary N) is 1. The van der Waals surface area contributed by atoms with Gasteiger partial charge in [0.2, 0.25) is 0 Å². The molecule has 0 unspecified atom stereocenters. The van der Waals surface area contributed by atoms with Gasteiger partial charge in [-0.1, -0.05) is 24.6 Å². The van der Waals surface area contributed by atoms with E-state index in [-0.39, 0.29) is 22.0 Å². The summed E-state index contributed by atoms with van der Waals surface area (Å²) in [5, 5.41) is 2.89. The largest absolute Gasteiger partial charge is 0.497 e. The summed E-state index contributed by atoms with van der Waals surface area (Å²) in [6.45, 7) is 6.10. The van der Waals surface area contributed by atoms with Crippen LogP contribution in [-0.2, 0) is 10.0 Å². The first kappa shape index (κ1) is 21.8. The van der Waals surface area contributed by atoms with Crippen LogP contribution in [0, 0.1) is 0 Å². The number of sulfonamides is 1. The predicted octanol–water partition coefficient (Wildman–Crippen LogP) is 3.87. The Labute approximate surface area is 170 Å². The maximum Gasteiger partial charge on any atom is 0.264 e. The number of carbonyl (C=O) groups excluding carboxylic acids is 1. The second-order valence-electron chi connectivity index (χ2n) is 5.92. The highest BCUT2D eigenvalue weighted by Crippen LogP contribution is 2.28. The van der Waals surface area contributed by atoms with Gasteiger partial charge in [-0.25, -0.2) is 8.42 Å². The SMILES string of the molecule is C=CCN(c1ccc(OC)cc1)S(=O)(=O)c1ccc(Cl)c(C(=O)NCCC)c1. The van der Waals surface area contributed by atoms with E-state index >= 15 is 0 Å². The molecule has 0 aliphatic rings. The van der Waals surface area contributed by atoms with E-state index in [4.69, 9.17) is 16.3 Å². The van der Waals surface area contributed by atoms with Gasteiger partial charge in [-0.2, -0.15) is 0 Å². The van der Waals surface area contributed by atoms with Crippen molar-refractivity contribution in [2.24, 2.45) is 0 Å². The highest BCUT2D eigenvalue weighted by molar-refractivity contribution is 7.92. The number of hydrogen-bond acceptors (Lipinski definition) is 4. The van der Waals surface area contributed by atoms with Crippen LogP contribution < -0.4 is 14.4 Å². The van der Waals surface area contributed by atoms with Crippen molar-refractivity contribution in [3.63, 3.8) is 0 Å². The molecule has 1 amide bonds. The highest BCUT2D eigenvalue weighted by atomic mass is 35.5. The zero-order valence-electron chi connectivity index (χ0n) is 15.8. The van der Waals surface area contributed by atoms with Gasteiger partial charge in [-0.3, -0.25) is 9.10 Å². The van der Waals surface area contributed by atoms with Gasteiger partial charge in [0.05, 0.1) is 34.8 Å². The van der Waals surface area contributed by atoms with E-state index in [1.165, 1.54) is 35.7 Å². The third kappa shape index (κ3) is 4.85. The third-order valence-electron chi connectivity index (χ3n) is 3.96. The average molecular weight is 423 g/mol. The maximum absolute atomic E-state index is 13.2. The van der Waals surface area contributed by atoms with Crippen molar-refractivity contribution >= 4 is 33.2 Å². The molecule has 0 aliphatic carbocycles. The molecule has 0 radical (unpaired) electrons. The van der Waals surface area contributed by atoms with Crippen LogP contribution in [0.25, 0.3) is 0 Å². The summed E-state index contributed by atoms with van der Waals surface area (Å²) in [4.78, 5) is 12.3. The van der Waals surface area contributed by atoms with Crippen molar-refractivity contribution in [2.75, 3.05) is 24.5 Å². The van der Waals surface area contributed by atoms with Crippen molar-refractivity contribution in [3.05, 3.63) is 65.7 Å². The van der Waals surface area contributed by atoms with Crippen LogP contribution in [0.3, 0.4) is 0 Å². The van der Waals surface area contributed by atoms with Crippen LogP contribution in [0.15, 0.2) is 60.0 Å². The third-order valence-corrected chi connectivity index (χ3v) is 6.08. The summed E-state index contributed by atoms with van der Waals surface area (Å²) < 4.78 is 32.8. The van der Waals surface area contributed by atoms with Crippen LogP contribution in [0.2, 0.25) is 5.02 Å². The zero-order chi connectivity index (χ0) is 20.7. The smallest absolute Gasteiger partial charge is 0.264 e. The monoisotopic (exact) mass is 422 g/mol. The van der Waals surface area contributed by atoms with Crippen LogP contribution in [-0.4, -0.2) is 34.5 Å². The number of methoxy groups -OCH3 is 1. The molecular formula is C20H23ClN2O4S. The van der Waals surface area contributed by atoms with E-state index in [2.05, 4.69) is 11.9 Å². The summed E-state index contributed by atoms with van der Waals surface area (Å²) in [7, 11) is -2.41. The van der Waals surface area contributed by atoms with Crippen LogP contribution in [0.1, 0.15) is 23.7 Å². The molecule has 0 saturated heterocycles. The molecule has 0 fully saturated rings. The van der Waals surface area contributed by atoms with Crippen molar-refractivity contribution in [1.82, 2.24) is 5.32 Å². The second kappa shape index (κ2) is 9.61. The van der Waals surface area contributed by atoms with Crippen LogP contribution >= 0.6 is 11.6 Å². The number of nitrogens with zero attached hydrogens (tertiary/aromatic N) is 1. The van der Waals surface area contributed by atoms with Gasteiger partial charge >= 0.3 is 0 Å². The Bertz CT molecular complexity index is 943. The number of amides is 1. The summed E-state index contributed by atoms with van der Waals surface area (Å²) >= 11 is 6.11. The fraction of sp³-hybridized carbons (Fsp3) is 0.250. The Hall–Kier alpha value is -2.51. The molecule has 0 aromatic heterocycles. The lowest BCUT2D eigenvalue weighted by Gasteiger charge is -2.23. The number of hydrogen-bond donors (Lipinski definition) is 1. The lowest BCUT2D eigenvalue weighted by molar-refractivity contribution is 0.0953. The molecule has 0 aliphatic heterocycles. The molecule has 0 atom stereocenters. The fourth-order valence-electron chi connectivity index (χ4n) is 2.51. The van der Waals surface area contributed by atoms with E-state index in [9.17, 15) is 13.2 Å². The summed E-state index contributed by atoms with van der Waals surface area (Å²) in [6.07, 6.45) is 2.25. The Kier molecular flexibility index (Phi) is 7.48. The normalized spacial score (nSPS) is 11.0. The first-order valence-electron chi connectivity index (χ1n) is 8.70. The van der Waals surface area contributed by atoms with Crippen LogP contribution in [0.4, 0.5) is 5.69 Å². The van der Waals surface area contributed by atoms with E-state index in [1.807, 2.05) is 6.92 Å². The Morgan fingerprint density at radius 3 is 2.50 bits per heavy atom. The standard InChI is InChI=1S/C20H23ClN2O4S/c1-4-12-22-20(24)18-14-17(10-11-19(18)21)28(25,26)23(13-5-2)15-6-8-16(27-3)9-7-15/h5-11,14H,2,4,12-13H2,1,3H3,(H,22,24). The van der Waals surface area contributed by atoms with Gasteiger partial charge in [0.25, 0.3) is 15.9 Å². The molecule has 0 spiro atoms. The number of halogens is 1. The molecule has 28 heavy (non-hydrogen) atoms. The molecule has 8 heteroatoms. The lowest BCUT2D eigenvalue weighted by atomic mass is 10.2. The molecular weight excluding hydrogens is 400 g/mol. The van der Waals surface area contributed by atoms with E-state index in [1.54, 1.807) is 24.3 Å². The molecule has 0 bridgehead atoms. The number of rotatable bonds is 9. The van der Waals surface area contributed by atoms with Gasteiger partial charge in [-0.15, -0.1) is 6.58 Å². The maximum atomic E-state index is 13.2. The first-order chi connectivity index (χ1) is 13.3. The van der Waals surface area contributed by atoms with Crippen molar-refractivity contribution < 1.29 is 17.9 Å². The van der Waals surface area contributed by atoms with E-state index < -0.39 is 15.9 Å². The lowest BCUT2D eigenvalue weighted by Crippen LogP contribution is -2.31. The Morgan fingerprint density at radius 2 is 1.93 bits per heavy atom. The van der Waals surface area contributed by atoms with Gasteiger partial charge < -0.3 is 10.1 Å². The van der Waals surface area contributed by atoms with Crippen LogP contribution in [0.5, 0.6) is 5.75 Å². The molecule has 2 aromatic rings. The summed E-state index contributed by atoms with van der Waals surface area (Å²) in [5.74, 6) is 0.199. The van der Waals surface area contributed by atoms with Gasteiger partial charge in [0.1, 0.15) is 5.75 Å². The quantitative estimate of drug-likeness (QED) is 0.622. The Morgan fingerprint density at radius 1 is 1.25 bits per heavy atom. The summed E-state index contributed by atoms with van der Waals surface area (Å²) in [6, 6.07) is 10.7. The van der Waals surface area contributed by atoms with Crippen molar-refractivity contribution in [2.45, 2.75) is 18.2 Å². The summed E-state index contributed by atoms with van der Waals surface area (Å²) in [5.41, 5.74) is 0.567. The minimum atomic E-state index is -3.95. The van der Waals surface area contributed by atoms with Crippen molar-refractivity contribution in [1.29, 1.82) is 0 Å². The average Bonchev–Trinajstić information content (AvgIpc) is 2.70. The number of anilines is 1. The predicted molar refractivity (Wildman–Crippen MR) is 112 cm³/mol. The second-order valence-corrected chi connectivity index (χ2v) is 8.19. The van der Waals surface area contributed by atoms with Crippen molar-refractivity contribution in [3.8, 4) is 5.75 Å². The first-order valence-corrected chi connectivity index (χ1v) is 10.5. The topological polar surface area (TPSA) is 75.7 Å². The zero-order valence-corrected chi connectivity index (χ0v) is 17.4. The fourth-order valence-corrected chi connectivity index (χ4v) is 4.17. The molecule has 2 rings (SSSR count). The van der Waals surface area contributed by atoms with Gasteiger partial charge in [-0.05, 0) is 48.9 Å². The Balaban J connectivity index is 2.46. The number of benzene rings is 2. The minimum absolute atomic E-state index is 0.0313.